The van der Waals surface area contributed by atoms with E-state index in [0.717, 1.165) is 51.9 Å². The molecule has 30 heavy (non-hydrogen) atoms. The summed E-state index contributed by atoms with van der Waals surface area (Å²) >= 11 is 0. The van der Waals surface area contributed by atoms with Gasteiger partial charge in [-0.05, 0) is 79.3 Å². The Labute approximate surface area is 179 Å². The Balaban J connectivity index is 1.33. The van der Waals surface area contributed by atoms with E-state index in [4.69, 9.17) is 0 Å². The van der Waals surface area contributed by atoms with Gasteiger partial charge in [-0.25, -0.2) is 8.78 Å². The zero-order chi connectivity index (χ0) is 20.9. The molecule has 0 unspecified atom stereocenters. The Morgan fingerprint density at radius 2 is 1.07 bits per heavy atom. The van der Waals surface area contributed by atoms with Crippen LogP contribution in [0, 0.1) is 11.6 Å². The van der Waals surface area contributed by atoms with Gasteiger partial charge in [-0.2, -0.15) is 0 Å². The molecule has 0 bridgehead atoms. The van der Waals surface area contributed by atoms with E-state index in [1.54, 1.807) is 24.3 Å². The monoisotopic (exact) mass is 412 g/mol. The molecule has 2 aromatic carbocycles. The normalized spacial score (nSPS) is 20.1. The molecule has 0 aliphatic carbocycles. The highest BCUT2D eigenvalue weighted by Crippen LogP contribution is 2.33. The van der Waals surface area contributed by atoms with Gasteiger partial charge in [0.25, 0.3) is 0 Å². The Kier molecular flexibility index (Phi) is 7.16. The molecule has 2 aromatic rings. The van der Waals surface area contributed by atoms with Gasteiger partial charge in [-0.1, -0.05) is 37.6 Å². The molecule has 0 saturated carbocycles. The lowest BCUT2D eigenvalue weighted by Gasteiger charge is -2.45. The predicted octanol–water partition coefficient (Wildman–Crippen LogP) is 6.15. The quantitative estimate of drug-likeness (QED) is 0.561. The Hall–Kier alpha value is -1.78. The van der Waals surface area contributed by atoms with Gasteiger partial charge in [0.2, 0.25) is 0 Å². The number of hydrogen-bond acceptors (Lipinski definition) is 2. The smallest absolute Gasteiger partial charge is 0.123 e. The van der Waals surface area contributed by atoms with Crippen LogP contribution in [0.25, 0.3) is 0 Å². The van der Waals surface area contributed by atoms with Gasteiger partial charge < -0.3 is 0 Å². The van der Waals surface area contributed by atoms with E-state index in [0.29, 0.717) is 18.0 Å². The molecule has 0 atom stereocenters. The van der Waals surface area contributed by atoms with Crippen LogP contribution in [0.2, 0.25) is 0 Å². The van der Waals surface area contributed by atoms with Crippen molar-refractivity contribution in [1.82, 2.24) is 9.80 Å². The number of benzene rings is 2. The van der Waals surface area contributed by atoms with Crippen LogP contribution in [0.5, 0.6) is 0 Å². The molecule has 2 aliphatic rings. The first-order valence-corrected chi connectivity index (χ1v) is 11.6. The van der Waals surface area contributed by atoms with Crippen molar-refractivity contribution < 1.29 is 8.78 Å². The summed E-state index contributed by atoms with van der Waals surface area (Å²) in [6.07, 6.45) is 7.53. The molecule has 0 N–H and O–H groups in total. The minimum atomic E-state index is -0.150. The van der Waals surface area contributed by atoms with Gasteiger partial charge in [0, 0.05) is 26.2 Å². The molecule has 162 valence electrons. The summed E-state index contributed by atoms with van der Waals surface area (Å²) in [6.45, 7) is 6.74. The highest BCUT2D eigenvalue weighted by Gasteiger charge is 2.31. The SMILES string of the molecule is CCCC(N1CCC(c2ccc(F)cc2)CC1)N1CCC(c2ccc(F)cc2)CC1. The van der Waals surface area contributed by atoms with Crippen molar-refractivity contribution in [1.29, 1.82) is 0 Å². The van der Waals surface area contributed by atoms with Crippen molar-refractivity contribution in [3.8, 4) is 0 Å². The van der Waals surface area contributed by atoms with Gasteiger partial charge >= 0.3 is 0 Å². The number of likely N-dealkylation sites (tertiary alicyclic amines) is 2. The highest BCUT2D eigenvalue weighted by atomic mass is 19.1. The largest absolute Gasteiger partial charge is 0.288 e. The third-order valence-corrected chi connectivity index (χ3v) is 7.13. The molecule has 2 nitrogen and oxygen atoms in total. The van der Waals surface area contributed by atoms with Crippen molar-refractivity contribution in [2.75, 3.05) is 26.2 Å². The maximum Gasteiger partial charge on any atom is 0.123 e. The second kappa shape index (κ2) is 10.0. The van der Waals surface area contributed by atoms with E-state index in [-0.39, 0.29) is 11.6 Å². The van der Waals surface area contributed by atoms with Crippen molar-refractivity contribution >= 4 is 0 Å². The van der Waals surface area contributed by atoms with Gasteiger partial charge in [-0.3, -0.25) is 9.80 Å². The van der Waals surface area contributed by atoms with Gasteiger partial charge in [-0.15, -0.1) is 0 Å². The molecule has 0 amide bonds. The average Bonchev–Trinajstić information content (AvgIpc) is 2.79. The van der Waals surface area contributed by atoms with Crippen LogP contribution in [-0.4, -0.2) is 42.1 Å². The topological polar surface area (TPSA) is 6.48 Å². The number of nitrogens with zero attached hydrogens (tertiary/aromatic N) is 2. The van der Waals surface area contributed by atoms with Crippen molar-refractivity contribution in [2.45, 2.75) is 63.5 Å². The van der Waals surface area contributed by atoms with E-state index >= 15 is 0 Å². The van der Waals surface area contributed by atoms with Crippen molar-refractivity contribution in [3.63, 3.8) is 0 Å². The van der Waals surface area contributed by atoms with Crippen LogP contribution >= 0.6 is 0 Å². The summed E-state index contributed by atoms with van der Waals surface area (Å²) in [5.74, 6) is 0.799. The van der Waals surface area contributed by atoms with E-state index in [9.17, 15) is 8.78 Å². The minimum absolute atomic E-state index is 0.150. The summed E-state index contributed by atoms with van der Waals surface area (Å²) in [5.41, 5.74) is 2.56. The van der Waals surface area contributed by atoms with Crippen LogP contribution in [0.15, 0.2) is 48.5 Å². The van der Waals surface area contributed by atoms with E-state index in [1.807, 2.05) is 24.3 Å². The first-order valence-electron chi connectivity index (χ1n) is 11.6. The summed E-state index contributed by atoms with van der Waals surface area (Å²) in [4.78, 5) is 5.36. The molecule has 0 spiro atoms. The lowest BCUT2D eigenvalue weighted by molar-refractivity contribution is 0.00508. The molecule has 0 radical (unpaired) electrons. The lowest BCUT2D eigenvalue weighted by atomic mass is 9.87. The zero-order valence-corrected chi connectivity index (χ0v) is 18.1. The average molecular weight is 413 g/mol. The number of rotatable bonds is 6. The third-order valence-electron chi connectivity index (χ3n) is 7.13. The summed E-state index contributed by atoms with van der Waals surface area (Å²) in [5, 5.41) is 0. The number of piperidine rings is 2. The Bertz CT molecular complexity index is 708. The molecule has 4 heteroatoms. The maximum absolute atomic E-state index is 13.2. The van der Waals surface area contributed by atoms with Crippen molar-refractivity contribution in [3.05, 3.63) is 71.3 Å². The fourth-order valence-corrected chi connectivity index (χ4v) is 5.39. The zero-order valence-electron chi connectivity index (χ0n) is 18.1. The molecule has 2 heterocycles. The third kappa shape index (κ3) is 5.09. The van der Waals surface area contributed by atoms with Gasteiger partial charge in [0.05, 0.1) is 6.17 Å². The first-order chi connectivity index (χ1) is 14.6. The first kappa shape index (κ1) is 21.5. The minimum Gasteiger partial charge on any atom is -0.288 e. The van der Waals surface area contributed by atoms with Crippen LogP contribution in [-0.2, 0) is 0 Å². The Morgan fingerprint density at radius 3 is 1.40 bits per heavy atom. The summed E-state index contributed by atoms with van der Waals surface area (Å²) in [6, 6.07) is 14.2. The fraction of sp³-hybridized carbons (Fsp3) is 0.538. The van der Waals surface area contributed by atoms with Gasteiger partial charge in [0.1, 0.15) is 11.6 Å². The Morgan fingerprint density at radius 1 is 0.700 bits per heavy atom. The summed E-state index contributed by atoms with van der Waals surface area (Å²) < 4.78 is 26.5. The molecular weight excluding hydrogens is 378 g/mol. The van der Waals surface area contributed by atoms with E-state index in [1.165, 1.54) is 24.0 Å². The number of halogens is 2. The predicted molar refractivity (Wildman–Crippen MR) is 119 cm³/mol. The molecule has 2 aliphatic heterocycles. The van der Waals surface area contributed by atoms with Crippen LogP contribution in [0.1, 0.15) is 68.4 Å². The standard InChI is InChI=1S/C26H34F2N2/c1-2-3-26(29-16-12-22(13-17-29)20-4-8-24(27)9-5-20)30-18-14-23(15-19-30)21-6-10-25(28)11-7-21/h4-11,22-23,26H,2-3,12-19H2,1H3. The number of hydrogen-bond donors (Lipinski definition) is 0. The van der Waals surface area contributed by atoms with Crippen molar-refractivity contribution in [2.24, 2.45) is 0 Å². The molecule has 2 fully saturated rings. The molecule has 4 rings (SSSR count). The lowest BCUT2D eigenvalue weighted by Crippen LogP contribution is -2.53. The highest BCUT2D eigenvalue weighted by molar-refractivity contribution is 5.22. The van der Waals surface area contributed by atoms with Crippen LogP contribution < -0.4 is 0 Å². The second-order valence-corrected chi connectivity index (χ2v) is 8.99. The fourth-order valence-electron chi connectivity index (χ4n) is 5.39. The molecular formula is C26H34F2N2. The van der Waals surface area contributed by atoms with Crippen LogP contribution in [0.4, 0.5) is 8.78 Å². The molecule has 0 aromatic heterocycles. The maximum atomic E-state index is 13.2. The van der Waals surface area contributed by atoms with Crippen LogP contribution in [0.3, 0.4) is 0 Å². The van der Waals surface area contributed by atoms with E-state index < -0.39 is 0 Å². The molecule has 2 saturated heterocycles. The second-order valence-electron chi connectivity index (χ2n) is 8.99. The summed E-state index contributed by atoms with van der Waals surface area (Å²) in [7, 11) is 0. The van der Waals surface area contributed by atoms with Gasteiger partial charge in [0.15, 0.2) is 0 Å². The van der Waals surface area contributed by atoms with E-state index in [2.05, 4.69) is 16.7 Å².